The molecule has 7 heteroatoms. The Morgan fingerprint density at radius 3 is 2.62 bits per heavy atom. The van der Waals surface area contributed by atoms with Gasteiger partial charge in [0, 0.05) is 44.2 Å². The van der Waals surface area contributed by atoms with Crippen LogP contribution in [-0.2, 0) is 4.79 Å². The van der Waals surface area contributed by atoms with E-state index in [0.29, 0.717) is 42.7 Å². The molecule has 1 aromatic carbocycles. The van der Waals surface area contributed by atoms with Crippen LogP contribution in [-0.4, -0.2) is 61.6 Å². The van der Waals surface area contributed by atoms with Crippen molar-refractivity contribution in [3.8, 4) is 11.8 Å². The number of hydrogen-bond donors (Lipinski definition) is 1. The van der Waals surface area contributed by atoms with Crippen molar-refractivity contribution in [2.24, 2.45) is 5.92 Å². The molecule has 0 bridgehead atoms. The van der Waals surface area contributed by atoms with E-state index in [9.17, 15) is 10.1 Å². The highest BCUT2D eigenvalue weighted by Gasteiger charge is 2.27. The van der Waals surface area contributed by atoms with Gasteiger partial charge < -0.3 is 15.0 Å². The molecular weight excluding hydrogens is 352 g/mol. The van der Waals surface area contributed by atoms with Crippen molar-refractivity contribution in [3.63, 3.8) is 0 Å². The van der Waals surface area contributed by atoms with Crippen LogP contribution in [0.1, 0.15) is 20.3 Å². The van der Waals surface area contributed by atoms with Crippen LogP contribution in [0.15, 0.2) is 18.2 Å². The maximum absolute atomic E-state index is 12.4. The van der Waals surface area contributed by atoms with Crippen molar-refractivity contribution >= 4 is 23.2 Å². The van der Waals surface area contributed by atoms with Crippen LogP contribution in [0.25, 0.3) is 0 Å². The first-order chi connectivity index (χ1) is 12.5. The molecule has 6 nitrogen and oxygen atoms in total. The predicted molar refractivity (Wildman–Crippen MR) is 104 cm³/mol. The lowest BCUT2D eigenvalue weighted by Crippen LogP contribution is -2.53. The van der Waals surface area contributed by atoms with E-state index in [-0.39, 0.29) is 11.9 Å². The summed E-state index contributed by atoms with van der Waals surface area (Å²) >= 11 is 6.01. The van der Waals surface area contributed by atoms with Crippen LogP contribution < -0.4 is 10.1 Å². The van der Waals surface area contributed by atoms with Crippen LogP contribution >= 0.6 is 11.6 Å². The van der Waals surface area contributed by atoms with Gasteiger partial charge in [-0.05, 0) is 24.1 Å². The Morgan fingerprint density at radius 1 is 1.35 bits per heavy atom. The van der Waals surface area contributed by atoms with E-state index in [1.54, 1.807) is 25.3 Å². The van der Waals surface area contributed by atoms with Crippen LogP contribution in [0.4, 0.5) is 5.69 Å². The second-order valence-corrected chi connectivity index (χ2v) is 7.19. The maximum atomic E-state index is 12.4. The third-order valence-electron chi connectivity index (χ3n) is 4.64. The Labute approximate surface area is 160 Å². The lowest BCUT2D eigenvalue weighted by Gasteiger charge is -2.38. The van der Waals surface area contributed by atoms with E-state index in [2.05, 4.69) is 30.1 Å². The fraction of sp³-hybridized carbons (Fsp3) is 0.579. The number of methoxy groups -OCH3 is 1. The lowest BCUT2D eigenvalue weighted by molar-refractivity contribution is -0.132. The number of nitriles is 1. The van der Waals surface area contributed by atoms with Crippen molar-refractivity contribution in [1.82, 2.24) is 9.80 Å². The average Bonchev–Trinajstić information content (AvgIpc) is 2.62. The zero-order valence-corrected chi connectivity index (χ0v) is 16.4. The Balaban J connectivity index is 1.80. The minimum Gasteiger partial charge on any atom is -0.495 e. The lowest BCUT2D eigenvalue weighted by atomic mass is 10.0. The number of ether oxygens (including phenoxy) is 1. The van der Waals surface area contributed by atoms with Crippen LogP contribution in [0, 0.1) is 17.2 Å². The van der Waals surface area contributed by atoms with Crippen molar-refractivity contribution in [3.05, 3.63) is 23.2 Å². The highest BCUT2D eigenvalue weighted by atomic mass is 35.5. The number of rotatable bonds is 7. The van der Waals surface area contributed by atoms with Gasteiger partial charge in [0.2, 0.25) is 5.91 Å². The molecule has 0 aromatic heterocycles. The molecule has 2 rings (SSSR count). The van der Waals surface area contributed by atoms with Gasteiger partial charge in [-0.15, -0.1) is 0 Å². The molecule has 1 saturated heterocycles. The molecule has 1 atom stereocenters. The van der Waals surface area contributed by atoms with Gasteiger partial charge in [0.05, 0.1) is 18.9 Å². The molecule has 0 aliphatic carbocycles. The SMILES string of the molecule is COc1ccc(Cl)cc1NCCC(=O)N1CCN(C(C#N)C(C)C)CC1. The molecule has 1 aliphatic rings. The topological polar surface area (TPSA) is 68.6 Å². The van der Waals surface area contributed by atoms with E-state index in [4.69, 9.17) is 16.3 Å². The van der Waals surface area contributed by atoms with E-state index in [1.807, 2.05) is 4.90 Å². The molecule has 0 saturated carbocycles. The molecule has 1 heterocycles. The molecule has 1 aliphatic heterocycles. The number of nitrogens with zero attached hydrogens (tertiary/aromatic N) is 3. The zero-order valence-electron chi connectivity index (χ0n) is 15.7. The van der Waals surface area contributed by atoms with Gasteiger partial charge in [0.25, 0.3) is 0 Å². The van der Waals surface area contributed by atoms with Gasteiger partial charge in [-0.1, -0.05) is 25.4 Å². The molecule has 1 fully saturated rings. The molecule has 1 amide bonds. The summed E-state index contributed by atoms with van der Waals surface area (Å²) in [5.41, 5.74) is 0.784. The largest absolute Gasteiger partial charge is 0.495 e. The third-order valence-corrected chi connectivity index (χ3v) is 4.88. The Bertz CT molecular complexity index is 651. The molecule has 26 heavy (non-hydrogen) atoms. The number of carbonyl (C=O) groups is 1. The van der Waals surface area contributed by atoms with Crippen molar-refractivity contribution < 1.29 is 9.53 Å². The summed E-state index contributed by atoms with van der Waals surface area (Å²) in [4.78, 5) is 16.5. The van der Waals surface area contributed by atoms with E-state index in [0.717, 1.165) is 18.8 Å². The number of anilines is 1. The second kappa shape index (κ2) is 9.65. The fourth-order valence-electron chi connectivity index (χ4n) is 3.18. The van der Waals surface area contributed by atoms with Gasteiger partial charge in [-0.25, -0.2) is 0 Å². The van der Waals surface area contributed by atoms with Gasteiger partial charge >= 0.3 is 0 Å². The molecule has 1 N–H and O–H groups in total. The number of carbonyl (C=O) groups excluding carboxylic acids is 1. The zero-order chi connectivity index (χ0) is 19.1. The van der Waals surface area contributed by atoms with Crippen molar-refractivity contribution in [2.45, 2.75) is 26.3 Å². The number of benzene rings is 1. The summed E-state index contributed by atoms with van der Waals surface area (Å²) in [7, 11) is 1.60. The highest BCUT2D eigenvalue weighted by molar-refractivity contribution is 6.30. The summed E-state index contributed by atoms with van der Waals surface area (Å²) < 4.78 is 5.29. The number of halogens is 1. The molecular formula is C19H27ClN4O2. The quantitative estimate of drug-likeness (QED) is 0.790. The van der Waals surface area contributed by atoms with Crippen molar-refractivity contribution in [1.29, 1.82) is 5.26 Å². The highest BCUT2D eigenvalue weighted by Crippen LogP contribution is 2.27. The Hall–Kier alpha value is -1.97. The van der Waals surface area contributed by atoms with Crippen LogP contribution in [0.5, 0.6) is 5.75 Å². The molecule has 0 radical (unpaired) electrons. The Morgan fingerprint density at radius 2 is 2.04 bits per heavy atom. The fourth-order valence-corrected chi connectivity index (χ4v) is 3.35. The number of piperazine rings is 1. The van der Waals surface area contributed by atoms with Gasteiger partial charge in [-0.2, -0.15) is 5.26 Å². The smallest absolute Gasteiger partial charge is 0.224 e. The Kier molecular flexibility index (Phi) is 7.55. The minimum absolute atomic E-state index is 0.0794. The van der Waals surface area contributed by atoms with Crippen molar-refractivity contribution in [2.75, 3.05) is 45.2 Å². The van der Waals surface area contributed by atoms with E-state index in [1.165, 1.54) is 0 Å². The molecule has 142 valence electrons. The first kappa shape index (κ1) is 20.3. The third kappa shape index (κ3) is 5.26. The monoisotopic (exact) mass is 378 g/mol. The van der Waals surface area contributed by atoms with E-state index < -0.39 is 0 Å². The number of hydrogen-bond acceptors (Lipinski definition) is 5. The standard InChI is InChI=1S/C19H27ClN4O2/c1-14(2)17(13-21)23-8-10-24(11-9-23)19(25)6-7-22-16-12-15(20)4-5-18(16)26-3/h4-5,12,14,17,22H,6-11H2,1-3H3. The first-order valence-electron chi connectivity index (χ1n) is 8.95. The van der Waals surface area contributed by atoms with Gasteiger partial charge in [-0.3, -0.25) is 9.69 Å². The summed E-state index contributed by atoms with van der Waals surface area (Å²) in [6.45, 7) is 7.47. The molecule has 1 aromatic rings. The predicted octanol–water partition coefficient (Wildman–Crippen LogP) is 2.84. The van der Waals surface area contributed by atoms with Gasteiger partial charge in [0.1, 0.15) is 11.8 Å². The van der Waals surface area contributed by atoms with Crippen LogP contribution in [0.3, 0.4) is 0 Å². The number of amides is 1. The summed E-state index contributed by atoms with van der Waals surface area (Å²) in [6.07, 6.45) is 0.404. The summed E-state index contributed by atoms with van der Waals surface area (Å²) in [6, 6.07) is 7.65. The average molecular weight is 379 g/mol. The summed E-state index contributed by atoms with van der Waals surface area (Å²) in [5.74, 6) is 1.11. The number of nitrogens with one attached hydrogen (secondary N) is 1. The molecule has 0 spiro atoms. The molecule has 1 unspecified atom stereocenters. The normalized spacial score (nSPS) is 16.2. The second-order valence-electron chi connectivity index (χ2n) is 6.76. The van der Waals surface area contributed by atoms with Crippen LogP contribution in [0.2, 0.25) is 5.02 Å². The van der Waals surface area contributed by atoms with E-state index >= 15 is 0 Å². The van der Waals surface area contributed by atoms with Gasteiger partial charge in [0.15, 0.2) is 0 Å². The summed E-state index contributed by atoms with van der Waals surface area (Å²) in [5, 5.41) is 13.1. The minimum atomic E-state index is -0.0794. The maximum Gasteiger partial charge on any atom is 0.224 e. The first-order valence-corrected chi connectivity index (χ1v) is 9.33.